The van der Waals surface area contributed by atoms with Crippen LogP contribution in [0.4, 0.5) is 0 Å². The molecular weight excluding hydrogens is 515 g/mol. The van der Waals surface area contributed by atoms with Crippen LogP contribution in [-0.4, -0.2) is 28.8 Å². The number of benzene rings is 3. The maximum Gasteiger partial charge on any atom is 0.243 e. The van der Waals surface area contributed by atoms with Crippen LogP contribution in [0.2, 0.25) is 10.0 Å². The van der Waals surface area contributed by atoms with Gasteiger partial charge in [-0.3, -0.25) is 9.59 Å². The zero-order chi connectivity index (χ0) is 27.9. The molecule has 0 saturated heterocycles. The molecule has 0 aliphatic carbocycles. The fraction of sp³-hybridized carbons (Fsp3) is 0.375. The molecule has 0 spiro atoms. The second-order valence-corrected chi connectivity index (χ2v) is 11.9. The molecule has 2 amide bonds. The van der Waals surface area contributed by atoms with E-state index in [2.05, 4.69) is 50.4 Å². The third kappa shape index (κ3) is 8.61. The van der Waals surface area contributed by atoms with Gasteiger partial charge in [0.25, 0.3) is 0 Å². The van der Waals surface area contributed by atoms with Crippen LogP contribution in [0, 0.1) is 0 Å². The summed E-state index contributed by atoms with van der Waals surface area (Å²) in [5.41, 5.74) is 4.13. The van der Waals surface area contributed by atoms with Crippen LogP contribution in [0.25, 0.3) is 0 Å². The molecule has 0 aromatic heterocycles. The second-order valence-electron chi connectivity index (χ2n) is 11.1. The lowest BCUT2D eigenvalue weighted by molar-refractivity contribution is -0.141. The van der Waals surface area contributed by atoms with E-state index in [-0.39, 0.29) is 36.2 Å². The second kappa shape index (κ2) is 13.3. The van der Waals surface area contributed by atoms with Gasteiger partial charge in [0.2, 0.25) is 11.8 Å². The Morgan fingerprint density at radius 3 is 2.13 bits per heavy atom. The predicted molar refractivity (Wildman–Crippen MR) is 158 cm³/mol. The van der Waals surface area contributed by atoms with Crippen molar-refractivity contribution in [2.75, 3.05) is 0 Å². The highest BCUT2D eigenvalue weighted by Crippen LogP contribution is 2.26. The zero-order valence-corrected chi connectivity index (χ0v) is 24.4. The Morgan fingerprint density at radius 2 is 1.55 bits per heavy atom. The molecule has 0 fully saturated rings. The van der Waals surface area contributed by atoms with Crippen molar-refractivity contribution in [2.24, 2.45) is 0 Å². The normalized spacial score (nSPS) is 12.3. The molecule has 202 valence electrons. The molecule has 1 N–H and O–H groups in total. The lowest BCUT2D eigenvalue weighted by Crippen LogP contribution is -2.51. The third-order valence-electron chi connectivity index (χ3n) is 6.51. The van der Waals surface area contributed by atoms with E-state index in [1.165, 1.54) is 5.56 Å². The Labute approximate surface area is 237 Å². The van der Waals surface area contributed by atoms with Crippen LogP contribution in [0.15, 0.2) is 72.8 Å². The van der Waals surface area contributed by atoms with Gasteiger partial charge in [-0.25, -0.2) is 0 Å². The van der Waals surface area contributed by atoms with E-state index in [1.807, 2.05) is 50.2 Å². The molecule has 0 saturated carbocycles. The van der Waals surface area contributed by atoms with Crippen LogP contribution >= 0.6 is 23.2 Å². The average molecular weight is 554 g/mol. The molecule has 4 nitrogen and oxygen atoms in total. The molecule has 1 atom stereocenters. The van der Waals surface area contributed by atoms with Crippen LogP contribution in [0.1, 0.15) is 63.3 Å². The number of rotatable bonds is 10. The van der Waals surface area contributed by atoms with Crippen molar-refractivity contribution in [3.63, 3.8) is 0 Å². The minimum absolute atomic E-state index is 0.0572. The first-order valence-electron chi connectivity index (χ1n) is 13.1. The standard InChI is InChI=1S/C32H38Cl2N2O2/c1-22(2)35-31(38)29(19-24-9-7-6-8-10-24)36(21-25-14-17-27(33)20-28(25)34)30(37)18-13-23-11-15-26(16-12-23)32(3,4)5/h6-12,14-17,20,22,29H,13,18-19,21H2,1-5H3,(H,35,38)/t29-/m0/s1. The number of nitrogens with zero attached hydrogens (tertiary/aromatic N) is 1. The molecule has 3 aromatic rings. The molecular formula is C32H38Cl2N2O2. The molecule has 0 radical (unpaired) electrons. The SMILES string of the molecule is CC(C)NC(=O)[C@H](Cc1ccccc1)N(Cc1ccc(Cl)cc1Cl)C(=O)CCc1ccc(C(C)(C)C)cc1. The van der Waals surface area contributed by atoms with E-state index in [0.29, 0.717) is 22.9 Å². The van der Waals surface area contributed by atoms with E-state index in [1.54, 1.807) is 17.0 Å². The summed E-state index contributed by atoms with van der Waals surface area (Å²) in [6.07, 6.45) is 1.26. The monoisotopic (exact) mass is 552 g/mol. The van der Waals surface area contributed by atoms with Gasteiger partial charge < -0.3 is 10.2 Å². The molecule has 0 heterocycles. The largest absolute Gasteiger partial charge is 0.352 e. The molecule has 38 heavy (non-hydrogen) atoms. The fourth-order valence-corrected chi connectivity index (χ4v) is 4.80. The first-order chi connectivity index (χ1) is 17.9. The van der Waals surface area contributed by atoms with Crippen molar-refractivity contribution in [1.29, 1.82) is 0 Å². The van der Waals surface area contributed by atoms with Crippen LogP contribution in [0.5, 0.6) is 0 Å². The maximum absolute atomic E-state index is 13.8. The van der Waals surface area contributed by atoms with Crippen LogP contribution in [0.3, 0.4) is 0 Å². The number of carbonyl (C=O) groups is 2. The highest BCUT2D eigenvalue weighted by molar-refractivity contribution is 6.35. The lowest BCUT2D eigenvalue weighted by atomic mass is 9.86. The van der Waals surface area contributed by atoms with E-state index < -0.39 is 6.04 Å². The molecule has 0 unspecified atom stereocenters. The number of carbonyl (C=O) groups excluding carboxylic acids is 2. The third-order valence-corrected chi connectivity index (χ3v) is 7.09. The van der Waals surface area contributed by atoms with Crippen molar-refractivity contribution in [3.8, 4) is 0 Å². The van der Waals surface area contributed by atoms with Gasteiger partial charge in [-0.05, 0) is 60.1 Å². The van der Waals surface area contributed by atoms with Crippen LogP contribution < -0.4 is 5.32 Å². The van der Waals surface area contributed by atoms with E-state index >= 15 is 0 Å². The smallest absolute Gasteiger partial charge is 0.243 e. The number of hydrogen-bond donors (Lipinski definition) is 1. The van der Waals surface area contributed by atoms with Gasteiger partial charge in [0.15, 0.2) is 0 Å². The first-order valence-corrected chi connectivity index (χ1v) is 13.9. The van der Waals surface area contributed by atoms with E-state index in [0.717, 1.165) is 16.7 Å². The Hall–Kier alpha value is -2.82. The fourth-order valence-electron chi connectivity index (χ4n) is 4.33. The van der Waals surface area contributed by atoms with Crippen LogP contribution in [-0.2, 0) is 34.4 Å². The zero-order valence-electron chi connectivity index (χ0n) is 22.9. The molecule has 0 aliphatic rings. The summed E-state index contributed by atoms with van der Waals surface area (Å²) < 4.78 is 0. The summed E-state index contributed by atoms with van der Waals surface area (Å²) in [5, 5.41) is 4.01. The maximum atomic E-state index is 13.8. The quantitative estimate of drug-likeness (QED) is 0.285. The van der Waals surface area contributed by atoms with Crippen molar-refractivity contribution in [3.05, 3.63) is 105 Å². The van der Waals surface area contributed by atoms with Gasteiger partial charge in [-0.15, -0.1) is 0 Å². The lowest BCUT2D eigenvalue weighted by Gasteiger charge is -2.32. The Kier molecular flexibility index (Phi) is 10.4. The van der Waals surface area contributed by atoms with Gasteiger partial charge in [-0.1, -0.05) is 105 Å². The number of amides is 2. The van der Waals surface area contributed by atoms with Gasteiger partial charge in [-0.2, -0.15) is 0 Å². The van der Waals surface area contributed by atoms with E-state index in [9.17, 15) is 9.59 Å². The van der Waals surface area contributed by atoms with Crippen molar-refractivity contribution >= 4 is 35.0 Å². The minimum atomic E-state index is -0.692. The van der Waals surface area contributed by atoms with Crippen molar-refractivity contribution < 1.29 is 9.59 Å². The summed E-state index contributed by atoms with van der Waals surface area (Å²) in [5.74, 6) is -0.285. The molecule has 6 heteroatoms. The number of halogens is 2. The Morgan fingerprint density at radius 1 is 0.895 bits per heavy atom. The minimum Gasteiger partial charge on any atom is -0.352 e. The van der Waals surface area contributed by atoms with Crippen molar-refractivity contribution in [1.82, 2.24) is 10.2 Å². The average Bonchev–Trinajstić information content (AvgIpc) is 2.85. The number of nitrogens with one attached hydrogen (secondary N) is 1. The molecule has 0 bridgehead atoms. The van der Waals surface area contributed by atoms with Gasteiger partial charge in [0.05, 0.1) is 0 Å². The summed E-state index contributed by atoms with van der Waals surface area (Å²) in [6, 6.07) is 22.7. The highest BCUT2D eigenvalue weighted by atomic mass is 35.5. The topological polar surface area (TPSA) is 49.4 Å². The van der Waals surface area contributed by atoms with Gasteiger partial charge >= 0.3 is 0 Å². The number of hydrogen-bond acceptors (Lipinski definition) is 2. The molecule has 3 aromatic carbocycles. The van der Waals surface area contributed by atoms with Gasteiger partial charge in [0.1, 0.15) is 6.04 Å². The number of aryl methyl sites for hydroxylation is 1. The Balaban J connectivity index is 1.91. The van der Waals surface area contributed by atoms with Gasteiger partial charge in [0, 0.05) is 35.5 Å². The molecule has 0 aliphatic heterocycles. The predicted octanol–water partition coefficient (Wildman–Crippen LogP) is 7.39. The summed E-state index contributed by atoms with van der Waals surface area (Å²) in [4.78, 5) is 29.0. The van der Waals surface area contributed by atoms with E-state index in [4.69, 9.17) is 23.2 Å². The Bertz CT molecular complexity index is 1220. The highest BCUT2D eigenvalue weighted by Gasteiger charge is 2.31. The summed E-state index contributed by atoms with van der Waals surface area (Å²) >= 11 is 12.6. The van der Waals surface area contributed by atoms with Crippen molar-refractivity contribution in [2.45, 2.75) is 77.9 Å². The first kappa shape index (κ1) is 29.7. The molecule has 3 rings (SSSR count). The summed E-state index contributed by atoms with van der Waals surface area (Å²) in [7, 11) is 0. The summed E-state index contributed by atoms with van der Waals surface area (Å²) in [6.45, 7) is 10.6.